The van der Waals surface area contributed by atoms with Gasteiger partial charge in [0.25, 0.3) is 0 Å². The number of rotatable bonds is 7. The third-order valence-electron chi connectivity index (χ3n) is 5.12. The lowest BCUT2D eigenvalue weighted by molar-refractivity contribution is -0.128. The maximum absolute atomic E-state index is 12.8. The number of hydrogen-bond donors (Lipinski definition) is 1. The van der Waals surface area contributed by atoms with Crippen LogP contribution in [-0.4, -0.2) is 41.5 Å². The highest BCUT2D eigenvalue weighted by molar-refractivity contribution is 6.03. The molecule has 1 saturated heterocycles. The van der Waals surface area contributed by atoms with E-state index in [0.29, 0.717) is 19.7 Å². The molecule has 3 heterocycles. The third kappa shape index (κ3) is 3.66. The number of nitrogens with zero attached hydrogens (tertiary/aromatic N) is 2. The van der Waals surface area contributed by atoms with Crippen LogP contribution in [0.3, 0.4) is 0 Å². The fourth-order valence-electron chi connectivity index (χ4n) is 3.64. The van der Waals surface area contributed by atoms with Gasteiger partial charge in [-0.1, -0.05) is 6.07 Å². The van der Waals surface area contributed by atoms with E-state index >= 15 is 0 Å². The maximum atomic E-state index is 12.8. The van der Waals surface area contributed by atoms with Gasteiger partial charge in [-0.15, -0.1) is 0 Å². The van der Waals surface area contributed by atoms with Crippen molar-refractivity contribution in [2.24, 2.45) is 5.92 Å². The fourth-order valence-corrected chi connectivity index (χ4v) is 3.64. The Morgan fingerprint density at radius 3 is 2.96 bits per heavy atom. The number of fused-ring (bicyclic) bond motifs is 1. The summed E-state index contributed by atoms with van der Waals surface area (Å²) < 4.78 is 12.6. The first-order chi connectivity index (χ1) is 13.7. The van der Waals surface area contributed by atoms with Crippen molar-refractivity contribution >= 4 is 28.4 Å². The average Bonchev–Trinajstić information content (AvgIpc) is 3.42. The number of ether oxygens (including phenoxy) is 1. The summed E-state index contributed by atoms with van der Waals surface area (Å²) in [6.07, 6.45) is 3.79. The summed E-state index contributed by atoms with van der Waals surface area (Å²) in [5.74, 6) is 0.192. The van der Waals surface area contributed by atoms with Crippen molar-refractivity contribution in [3.05, 3.63) is 54.6 Å². The normalized spacial score (nSPS) is 16.8. The number of aromatic nitrogens is 1. The second kappa shape index (κ2) is 7.90. The minimum absolute atomic E-state index is 0.0273. The molecule has 0 spiro atoms. The van der Waals surface area contributed by atoms with Crippen LogP contribution in [0.25, 0.3) is 10.9 Å². The number of furan rings is 1. The molecule has 0 aliphatic carbocycles. The van der Waals surface area contributed by atoms with Crippen LogP contribution in [0.15, 0.2) is 53.3 Å². The lowest BCUT2D eigenvalue weighted by Gasteiger charge is -2.15. The van der Waals surface area contributed by atoms with Gasteiger partial charge in [-0.3, -0.25) is 9.59 Å². The molecule has 1 aliphatic heterocycles. The van der Waals surface area contributed by atoms with Crippen LogP contribution >= 0.6 is 0 Å². The molecule has 7 nitrogen and oxygen atoms in total. The number of nitrogens with one attached hydrogen (secondary N) is 1. The van der Waals surface area contributed by atoms with Gasteiger partial charge in [-0.25, -0.2) is 0 Å². The van der Waals surface area contributed by atoms with E-state index in [2.05, 4.69) is 9.88 Å². The Morgan fingerprint density at radius 2 is 2.18 bits per heavy atom. The molecule has 4 rings (SSSR count). The van der Waals surface area contributed by atoms with Gasteiger partial charge in [0.2, 0.25) is 11.8 Å². The Labute approximate surface area is 162 Å². The van der Waals surface area contributed by atoms with E-state index < -0.39 is 0 Å². The molecular weight excluding hydrogens is 358 g/mol. The summed E-state index contributed by atoms with van der Waals surface area (Å²) in [4.78, 5) is 26.7. The number of anilines is 1. The summed E-state index contributed by atoms with van der Waals surface area (Å²) in [5, 5.41) is 3.99. The zero-order valence-electron chi connectivity index (χ0n) is 15.8. The number of methoxy groups -OCH3 is 1. The van der Waals surface area contributed by atoms with Gasteiger partial charge in [0.1, 0.15) is 5.76 Å². The molecule has 7 heteroatoms. The molecule has 1 unspecified atom stereocenters. The predicted molar refractivity (Wildman–Crippen MR) is 105 cm³/mol. The molecule has 1 aliphatic rings. The summed E-state index contributed by atoms with van der Waals surface area (Å²) in [5.41, 5.74) is 1.80. The largest absolute Gasteiger partial charge is 0.467 e. The first-order valence-electron chi connectivity index (χ1n) is 9.33. The van der Waals surface area contributed by atoms with Crippen molar-refractivity contribution in [3.63, 3.8) is 0 Å². The Kier molecular flexibility index (Phi) is 5.16. The van der Waals surface area contributed by atoms with Crippen LogP contribution < -0.4 is 5.32 Å². The molecule has 1 N–H and O–H groups in total. The van der Waals surface area contributed by atoms with Gasteiger partial charge in [0.05, 0.1) is 36.5 Å². The van der Waals surface area contributed by atoms with Crippen molar-refractivity contribution in [2.45, 2.75) is 19.5 Å². The lowest BCUT2D eigenvalue weighted by atomic mass is 10.1. The Balaban J connectivity index is 1.45. The molecule has 1 aromatic carbocycles. The quantitative estimate of drug-likeness (QED) is 0.683. The molecule has 28 heavy (non-hydrogen) atoms. The van der Waals surface area contributed by atoms with Crippen LogP contribution in [0.2, 0.25) is 0 Å². The second-order valence-corrected chi connectivity index (χ2v) is 6.98. The van der Waals surface area contributed by atoms with E-state index in [1.165, 1.54) is 0 Å². The van der Waals surface area contributed by atoms with E-state index in [-0.39, 0.29) is 24.2 Å². The zero-order valence-corrected chi connectivity index (χ0v) is 15.8. The van der Waals surface area contributed by atoms with E-state index in [1.807, 2.05) is 36.5 Å². The zero-order chi connectivity index (χ0) is 19.5. The van der Waals surface area contributed by atoms with E-state index in [1.54, 1.807) is 24.3 Å². The van der Waals surface area contributed by atoms with E-state index in [0.717, 1.165) is 28.9 Å². The van der Waals surface area contributed by atoms with Gasteiger partial charge in [0, 0.05) is 38.2 Å². The van der Waals surface area contributed by atoms with Crippen molar-refractivity contribution < 1.29 is 18.7 Å². The molecule has 1 atom stereocenters. The molecular formula is C21H23N3O4. The smallest absolute Gasteiger partial charge is 0.229 e. The molecule has 2 amide bonds. The third-order valence-corrected chi connectivity index (χ3v) is 5.12. The highest BCUT2D eigenvalue weighted by atomic mass is 16.5. The standard InChI is InChI=1S/C21H23N3O4/c1-27-11-9-23-8-7-17-18(5-2-6-19(17)23)22-21(26)15-12-20(25)24(13-15)14-16-4-3-10-28-16/h2-8,10,15H,9,11-14H2,1H3,(H,22,26). The van der Waals surface area contributed by atoms with Gasteiger partial charge in [0.15, 0.2) is 0 Å². The number of carbonyl (C=O) groups is 2. The average molecular weight is 381 g/mol. The lowest BCUT2D eigenvalue weighted by Crippen LogP contribution is -2.27. The number of benzene rings is 1. The maximum Gasteiger partial charge on any atom is 0.229 e. The summed E-state index contributed by atoms with van der Waals surface area (Å²) in [6.45, 7) is 2.16. The Morgan fingerprint density at radius 1 is 1.29 bits per heavy atom. The van der Waals surface area contributed by atoms with Crippen LogP contribution in [-0.2, 0) is 27.4 Å². The minimum atomic E-state index is -0.367. The SMILES string of the molecule is COCCn1ccc2c(NC(=O)C3CC(=O)N(Cc4ccco4)C3)cccc21. The van der Waals surface area contributed by atoms with Crippen molar-refractivity contribution in [2.75, 3.05) is 25.6 Å². The van der Waals surface area contributed by atoms with Gasteiger partial charge in [-0.05, 0) is 30.3 Å². The molecule has 0 saturated carbocycles. The number of amides is 2. The molecule has 0 radical (unpaired) electrons. The summed E-state index contributed by atoms with van der Waals surface area (Å²) in [6, 6.07) is 11.4. The Hall–Kier alpha value is -3.06. The Bertz CT molecular complexity index is 977. The van der Waals surface area contributed by atoms with Crippen molar-refractivity contribution in [1.29, 1.82) is 0 Å². The van der Waals surface area contributed by atoms with E-state index in [9.17, 15) is 9.59 Å². The monoisotopic (exact) mass is 381 g/mol. The molecule has 2 aromatic heterocycles. The molecule has 1 fully saturated rings. The molecule has 0 bridgehead atoms. The van der Waals surface area contributed by atoms with Gasteiger partial charge >= 0.3 is 0 Å². The van der Waals surface area contributed by atoms with E-state index in [4.69, 9.17) is 9.15 Å². The second-order valence-electron chi connectivity index (χ2n) is 6.98. The van der Waals surface area contributed by atoms with Crippen molar-refractivity contribution in [1.82, 2.24) is 9.47 Å². The first-order valence-corrected chi connectivity index (χ1v) is 9.33. The van der Waals surface area contributed by atoms with Crippen LogP contribution in [0.5, 0.6) is 0 Å². The van der Waals surface area contributed by atoms with Gasteiger partial charge in [-0.2, -0.15) is 0 Å². The fraction of sp³-hybridized carbons (Fsp3) is 0.333. The number of likely N-dealkylation sites (tertiary alicyclic amines) is 1. The van der Waals surface area contributed by atoms with Crippen LogP contribution in [0.4, 0.5) is 5.69 Å². The summed E-state index contributed by atoms with van der Waals surface area (Å²) in [7, 11) is 1.68. The molecule has 146 valence electrons. The molecule has 3 aromatic rings. The highest BCUT2D eigenvalue weighted by Crippen LogP contribution is 2.27. The van der Waals surface area contributed by atoms with Crippen LogP contribution in [0.1, 0.15) is 12.2 Å². The number of hydrogen-bond acceptors (Lipinski definition) is 4. The minimum Gasteiger partial charge on any atom is -0.467 e. The van der Waals surface area contributed by atoms with Crippen LogP contribution in [0, 0.1) is 5.92 Å². The highest BCUT2D eigenvalue weighted by Gasteiger charge is 2.34. The topological polar surface area (TPSA) is 76.7 Å². The predicted octanol–water partition coefficient (Wildman–Crippen LogP) is 2.87. The first kappa shape index (κ1) is 18.3. The van der Waals surface area contributed by atoms with Crippen molar-refractivity contribution in [3.8, 4) is 0 Å². The number of carbonyl (C=O) groups excluding carboxylic acids is 2. The summed E-state index contributed by atoms with van der Waals surface area (Å²) >= 11 is 0. The van der Waals surface area contributed by atoms with Gasteiger partial charge < -0.3 is 23.9 Å².